The van der Waals surface area contributed by atoms with E-state index in [4.69, 9.17) is 18.9 Å². The number of rotatable bonds is 13. The van der Waals surface area contributed by atoms with Crippen LogP contribution in [0.15, 0.2) is 0 Å². The van der Waals surface area contributed by atoms with Gasteiger partial charge in [-0.2, -0.15) is 0 Å². The van der Waals surface area contributed by atoms with Gasteiger partial charge >= 0.3 is 0 Å². The molecule has 0 radical (unpaired) electrons. The molecule has 0 unspecified atom stereocenters. The third-order valence-electron chi connectivity index (χ3n) is 2.25. The van der Waals surface area contributed by atoms with Crippen molar-refractivity contribution in [2.24, 2.45) is 0 Å². The summed E-state index contributed by atoms with van der Waals surface area (Å²) in [6.07, 6.45) is 0.926. The van der Waals surface area contributed by atoms with Gasteiger partial charge in [0.2, 0.25) is 0 Å². The van der Waals surface area contributed by atoms with Gasteiger partial charge in [-0.05, 0) is 25.6 Å². The molecule has 0 aliphatic heterocycles. The number of ether oxygens (including phenoxy) is 4. The zero-order valence-electron chi connectivity index (χ0n) is 11.9. The first kappa shape index (κ1) is 18.0. The smallest absolute Gasteiger partial charge is 0.182 e. The Balaban J connectivity index is 2.99. The summed E-state index contributed by atoms with van der Waals surface area (Å²) in [6.45, 7) is 8.19. The van der Waals surface area contributed by atoms with Crippen molar-refractivity contribution in [3.05, 3.63) is 0 Å². The Hall–Kier alpha value is 0.0169. The molecule has 0 aromatic rings. The topological polar surface area (TPSA) is 57.2 Å². The fourth-order valence-corrected chi connectivity index (χ4v) is 2.30. The van der Waals surface area contributed by atoms with Gasteiger partial charge in [0.25, 0.3) is 0 Å². The van der Waals surface area contributed by atoms with E-state index in [0.29, 0.717) is 46.2 Å². The quantitative estimate of drug-likeness (QED) is 0.407. The molecular formula is C12H28O5Si. The summed E-state index contributed by atoms with van der Waals surface area (Å²) in [4.78, 5) is 9.61. The van der Waals surface area contributed by atoms with E-state index in [1.54, 1.807) is 7.11 Å². The molecule has 18 heavy (non-hydrogen) atoms. The first-order chi connectivity index (χ1) is 8.56. The van der Waals surface area contributed by atoms with E-state index in [0.717, 1.165) is 12.5 Å². The SMILES string of the molecule is COCCOCCOCCOCCC[Si](C)(C)O. The maximum atomic E-state index is 9.61. The molecule has 0 bridgehead atoms. The third-order valence-corrected chi connectivity index (χ3v) is 3.83. The van der Waals surface area contributed by atoms with Crippen LogP contribution in [0.1, 0.15) is 6.42 Å². The highest BCUT2D eigenvalue weighted by atomic mass is 28.4. The average Bonchev–Trinajstić information content (AvgIpc) is 2.29. The van der Waals surface area contributed by atoms with Gasteiger partial charge in [0.15, 0.2) is 8.32 Å². The predicted octanol–water partition coefficient (Wildman–Crippen LogP) is 1.27. The van der Waals surface area contributed by atoms with E-state index >= 15 is 0 Å². The zero-order valence-corrected chi connectivity index (χ0v) is 12.9. The predicted molar refractivity (Wildman–Crippen MR) is 73.5 cm³/mol. The summed E-state index contributed by atoms with van der Waals surface area (Å²) in [5, 5.41) is 0. The minimum atomic E-state index is -1.89. The highest BCUT2D eigenvalue weighted by molar-refractivity contribution is 6.69. The molecule has 0 atom stereocenters. The van der Waals surface area contributed by atoms with Crippen molar-refractivity contribution < 1.29 is 23.7 Å². The maximum absolute atomic E-state index is 9.61. The minimum Gasteiger partial charge on any atom is -0.432 e. The number of methoxy groups -OCH3 is 1. The van der Waals surface area contributed by atoms with E-state index in [2.05, 4.69) is 0 Å². The van der Waals surface area contributed by atoms with E-state index in [1.165, 1.54) is 0 Å². The fraction of sp³-hybridized carbons (Fsp3) is 1.00. The van der Waals surface area contributed by atoms with Crippen LogP contribution in [0, 0.1) is 0 Å². The van der Waals surface area contributed by atoms with Crippen LogP contribution in [0.3, 0.4) is 0 Å². The maximum Gasteiger partial charge on any atom is 0.182 e. The summed E-state index contributed by atoms with van der Waals surface area (Å²) in [5.74, 6) is 0. The largest absolute Gasteiger partial charge is 0.432 e. The molecule has 0 saturated carbocycles. The van der Waals surface area contributed by atoms with Crippen LogP contribution in [-0.4, -0.2) is 66.5 Å². The second kappa shape index (κ2) is 12.1. The van der Waals surface area contributed by atoms with Gasteiger partial charge in [0.05, 0.1) is 39.6 Å². The molecule has 0 spiro atoms. The molecule has 0 rings (SSSR count). The number of hydrogen-bond acceptors (Lipinski definition) is 5. The first-order valence-corrected chi connectivity index (χ1v) is 9.66. The molecule has 0 saturated heterocycles. The van der Waals surface area contributed by atoms with Crippen LogP contribution in [-0.2, 0) is 18.9 Å². The van der Waals surface area contributed by atoms with Crippen LogP contribution in [0.4, 0.5) is 0 Å². The Morgan fingerprint density at radius 1 is 0.778 bits per heavy atom. The van der Waals surface area contributed by atoms with Crippen molar-refractivity contribution in [1.82, 2.24) is 0 Å². The molecule has 6 heteroatoms. The summed E-state index contributed by atoms with van der Waals surface area (Å²) < 4.78 is 20.8. The summed E-state index contributed by atoms with van der Waals surface area (Å²) in [6, 6.07) is 0.890. The van der Waals surface area contributed by atoms with E-state index in [9.17, 15) is 4.80 Å². The lowest BCUT2D eigenvalue weighted by molar-refractivity contribution is 0.00371. The summed E-state index contributed by atoms with van der Waals surface area (Å²) in [5.41, 5.74) is 0. The van der Waals surface area contributed by atoms with Gasteiger partial charge < -0.3 is 23.7 Å². The van der Waals surface area contributed by atoms with Gasteiger partial charge in [-0.1, -0.05) is 0 Å². The molecule has 0 heterocycles. The minimum absolute atomic E-state index is 0.587. The summed E-state index contributed by atoms with van der Waals surface area (Å²) in [7, 11) is -0.242. The number of hydrogen-bond donors (Lipinski definition) is 1. The van der Waals surface area contributed by atoms with Gasteiger partial charge in [0, 0.05) is 13.7 Å². The van der Waals surface area contributed by atoms with Crippen molar-refractivity contribution in [3.8, 4) is 0 Å². The van der Waals surface area contributed by atoms with Crippen LogP contribution >= 0.6 is 0 Å². The van der Waals surface area contributed by atoms with Crippen molar-refractivity contribution in [2.45, 2.75) is 25.6 Å². The van der Waals surface area contributed by atoms with Gasteiger partial charge in [-0.3, -0.25) is 0 Å². The average molecular weight is 280 g/mol. The normalized spacial score (nSPS) is 12.0. The molecule has 0 fully saturated rings. The van der Waals surface area contributed by atoms with Gasteiger partial charge in [0.1, 0.15) is 0 Å². The molecule has 0 aliphatic rings. The Bertz CT molecular complexity index is 172. The zero-order chi connectivity index (χ0) is 13.7. The van der Waals surface area contributed by atoms with Gasteiger partial charge in [-0.25, -0.2) is 0 Å². The van der Waals surface area contributed by atoms with E-state index < -0.39 is 8.32 Å². The molecule has 5 nitrogen and oxygen atoms in total. The van der Waals surface area contributed by atoms with Crippen LogP contribution in [0.25, 0.3) is 0 Å². The molecule has 0 aliphatic carbocycles. The highest BCUT2D eigenvalue weighted by Crippen LogP contribution is 2.07. The Morgan fingerprint density at radius 2 is 1.22 bits per heavy atom. The lowest BCUT2D eigenvalue weighted by Crippen LogP contribution is -2.24. The molecule has 110 valence electrons. The first-order valence-electron chi connectivity index (χ1n) is 6.51. The molecule has 0 amide bonds. The molecule has 1 N–H and O–H groups in total. The van der Waals surface area contributed by atoms with Crippen LogP contribution < -0.4 is 0 Å². The van der Waals surface area contributed by atoms with Crippen molar-refractivity contribution >= 4 is 8.32 Å². The van der Waals surface area contributed by atoms with Gasteiger partial charge in [-0.15, -0.1) is 0 Å². The van der Waals surface area contributed by atoms with E-state index in [1.807, 2.05) is 13.1 Å². The van der Waals surface area contributed by atoms with Crippen molar-refractivity contribution in [1.29, 1.82) is 0 Å². The fourth-order valence-electron chi connectivity index (χ4n) is 1.29. The standard InChI is InChI=1S/C12H28O5Si/c1-14-6-7-16-10-11-17-9-8-15-5-4-12-18(2,3)13/h13H,4-12H2,1-3H3. The monoisotopic (exact) mass is 280 g/mol. The van der Waals surface area contributed by atoms with Crippen molar-refractivity contribution in [2.75, 3.05) is 53.4 Å². The molecular weight excluding hydrogens is 252 g/mol. The summed E-state index contributed by atoms with van der Waals surface area (Å²) >= 11 is 0. The molecule has 0 aromatic heterocycles. The second-order valence-corrected chi connectivity index (χ2v) is 8.87. The Labute approximate surface area is 112 Å². The molecule has 0 aromatic carbocycles. The van der Waals surface area contributed by atoms with Crippen LogP contribution in [0.2, 0.25) is 19.1 Å². The Morgan fingerprint density at radius 3 is 1.67 bits per heavy atom. The second-order valence-electron chi connectivity index (χ2n) is 4.75. The highest BCUT2D eigenvalue weighted by Gasteiger charge is 2.15. The van der Waals surface area contributed by atoms with Crippen LogP contribution in [0.5, 0.6) is 0 Å². The van der Waals surface area contributed by atoms with Crippen molar-refractivity contribution in [3.63, 3.8) is 0 Å². The third kappa shape index (κ3) is 16.0. The Kier molecular flexibility index (Phi) is 12.1. The lowest BCUT2D eigenvalue weighted by Gasteiger charge is -2.13. The lowest BCUT2D eigenvalue weighted by atomic mass is 10.5. The van der Waals surface area contributed by atoms with E-state index in [-0.39, 0.29) is 0 Å².